The van der Waals surface area contributed by atoms with E-state index in [9.17, 15) is 4.79 Å². The SMILES string of the molecule is Cc1cnc(SCC2CCCO2)nc1C1CCCN(C(=O)c2ccc3c(c2)OCCO3)C1. The molecule has 0 bridgehead atoms. The van der Waals surface area contributed by atoms with E-state index in [0.29, 0.717) is 42.9 Å². The molecule has 1 aromatic carbocycles. The molecule has 0 N–H and O–H groups in total. The highest BCUT2D eigenvalue weighted by atomic mass is 32.2. The van der Waals surface area contributed by atoms with E-state index in [2.05, 4.69) is 11.9 Å². The van der Waals surface area contributed by atoms with Gasteiger partial charge in [-0.2, -0.15) is 0 Å². The van der Waals surface area contributed by atoms with Crippen LogP contribution in [0.2, 0.25) is 0 Å². The fourth-order valence-corrected chi connectivity index (χ4v) is 5.50. The number of carbonyl (C=O) groups is 1. The summed E-state index contributed by atoms with van der Waals surface area (Å²) in [6, 6.07) is 5.46. The van der Waals surface area contributed by atoms with Gasteiger partial charge in [-0.3, -0.25) is 4.79 Å². The summed E-state index contributed by atoms with van der Waals surface area (Å²) in [4.78, 5) is 24.6. The summed E-state index contributed by atoms with van der Waals surface area (Å²) >= 11 is 1.67. The van der Waals surface area contributed by atoms with Crippen LogP contribution in [-0.4, -0.2) is 65.5 Å². The summed E-state index contributed by atoms with van der Waals surface area (Å²) in [6.07, 6.45) is 6.47. The predicted octanol–water partition coefficient (Wildman–Crippen LogP) is 3.85. The van der Waals surface area contributed by atoms with Crippen LogP contribution >= 0.6 is 11.8 Å². The number of carbonyl (C=O) groups excluding carboxylic acids is 1. The van der Waals surface area contributed by atoms with E-state index in [-0.39, 0.29) is 11.8 Å². The summed E-state index contributed by atoms with van der Waals surface area (Å²) in [5.74, 6) is 2.49. The highest BCUT2D eigenvalue weighted by Crippen LogP contribution is 2.33. The van der Waals surface area contributed by atoms with Gasteiger partial charge in [-0.05, 0) is 56.4 Å². The van der Waals surface area contributed by atoms with Gasteiger partial charge in [-0.15, -0.1) is 0 Å². The molecule has 7 nitrogen and oxygen atoms in total. The third-order valence-corrected chi connectivity index (χ3v) is 7.29. The molecule has 4 heterocycles. The number of ether oxygens (including phenoxy) is 3. The fraction of sp³-hybridized carbons (Fsp3) is 0.542. The molecule has 2 unspecified atom stereocenters. The summed E-state index contributed by atoms with van der Waals surface area (Å²) in [5, 5.41) is 0.802. The fourth-order valence-electron chi connectivity index (χ4n) is 4.61. The number of amides is 1. The zero-order valence-electron chi connectivity index (χ0n) is 18.4. The minimum absolute atomic E-state index is 0.0337. The van der Waals surface area contributed by atoms with Crippen LogP contribution in [0, 0.1) is 6.92 Å². The minimum atomic E-state index is 0.0337. The molecule has 2 saturated heterocycles. The molecule has 0 radical (unpaired) electrons. The number of aromatic nitrogens is 2. The van der Waals surface area contributed by atoms with Crippen LogP contribution in [0.5, 0.6) is 11.5 Å². The van der Waals surface area contributed by atoms with Crippen molar-refractivity contribution in [1.29, 1.82) is 0 Å². The maximum Gasteiger partial charge on any atom is 0.254 e. The molecular formula is C24H29N3O4S. The standard InChI is InChI=1S/C24H29N3O4S/c1-16-13-25-24(32-15-19-5-3-9-29-19)26-22(16)18-4-2-8-27(14-18)23(28)17-6-7-20-21(12-17)31-11-10-30-20/h6-7,12-13,18-19H,2-5,8-11,14-15H2,1H3. The summed E-state index contributed by atoms with van der Waals surface area (Å²) < 4.78 is 17.0. The zero-order valence-corrected chi connectivity index (χ0v) is 19.2. The maximum absolute atomic E-state index is 13.2. The van der Waals surface area contributed by atoms with Crippen molar-refractivity contribution in [3.63, 3.8) is 0 Å². The Labute approximate surface area is 192 Å². The van der Waals surface area contributed by atoms with Gasteiger partial charge >= 0.3 is 0 Å². The molecule has 1 aromatic heterocycles. The van der Waals surface area contributed by atoms with Crippen LogP contribution in [0.15, 0.2) is 29.6 Å². The topological polar surface area (TPSA) is 73.8 Å². The van der Waals surface area contributed by atoms with E-state index >= 15 is 0 Å². The lowest BCUT2D eigenvalue weighted by atomic mass is 9.92. The van der Waals surface area contributed by atoms with Gasteiger partial charge in [-0.1, -0.05) is 11.8 Å². The van der Waals surface area contributed by atoms with Crippen LogP contribution < -0.4 is 9.47 Å². The quantitative estimate of drug-likeness (QED) is 0.501. The van der Waals surface area contributed by atoms with E-state index in [0.717, 1.165) is 61.0 Å². The number of aryl methyl sites for hydroxylation is 1. The van der Waals surface area contributed by atoms with Crippen molar-refractivity contribution in [3.05, 3.63) is 41.2 Å². The van der Waals surface area contributed by atoms with Crippen molar-refractivity contribution in [2.45, 2.75) is 49.8 Å². The molecule has 2 aromatic rings. The molecule has 170 valence electrons. The second kappa shape index (κ2) is 9.67. The second-order valence-electron chi connectivity index (χ2n) is 8.62. The first kappa shape index (κ1) is 21.5. The third-order valence-electron chi connectivity index (χ3n) is 6.30. The largest absolute Gasteiger partial charge is 0.486 e. The van der Waals surface area contributed by atoms with Gasteiger partial charge in [0.1, 0.15) is 13.2 Å². The van der Waals surface area contributed by atoms with Crippen LogP contribution in [0.3, 0.4) is 0 Å². The average Bonchev–Trinajstić information content (AvgIpc) is 3.36. The van der Waals surface area contributed by atoms with Crippen LogP contribution in [0.1, 0.15) is 53.2 Å². The van der Waals surface area contributed by atoms with E-state index in [1.54, 1.807) is 17.8 Å². The van der Waals surface area contributed by atoms with Crippen molar-refractivity contribution in [1.82, 2.24) is 14.9 Å². The highest BCUT2D eigenvalue weighted by Gasteiger charge is 2.28. The number of rotatable bonds is 5. The van der Waals surface area contributed by atoms with Crippen LogP contribution in [0.25, 0.3) is 0 Å². The third kappa shape index (κ3) is 4.71. The smallest absolute Gasteiger partial charge is 0.254 e. The average molecular weight is 456 g/mol. The molecular weight excluding hydrogens is 426 g/mol. The molecule has 0 saturated carbocycles. The second-order valence-corrected chi connectivity index (χ2v) is 9.60. The molecule has 2 atom stereocenters. The Kier molecular flexibility index (Phi) is 6.50. The van der Waals surface area contributed by atoms with Crippen molar-refractivity contribution in [3.8, 4) is 11.5 Å². The molecule has 2 fully saturated rings. The first-order valence-electron chi connectivity index (χ1n) is 11.4. The van der Waals surface area contributed by atoms with Crippen LogP contribution in [0.4, 0.5) is 0 Å². The van der Waals surface area contributed by atoms with E-state index in [1.165, 1.54) is 0 Å². The van der Waals surface area contributed by atoms with Crippen molar-refractivity contribution >= 4 is 17.7 Å². The molecule has 5 rings (SSSR count). The molecule has 32 heavy (non-hydrogen) atoms. The highest BCUT2D eigenvalue weighted by molar-refractivity contribution is 7.99. The van der Waals surface area contributed by atoms with Crippen molar-refractivity contribution < 1.29 is 19.0 Å². The predicted molar refractivity (Wildman–Crippen MR) is 122 cm³/mol. The summed E-state index contributed by atoms with van der Waals surface area (Å²) in [5.41, 5.74) is 2.79. The number of fused-ring (bicyclic) bond motifs is 1. The lowest BCUT2D eigenvalue weighted by molar-refractivity contribution is 0.0704. The van der Waals surface area contributed by atoms with Crippen LogP contribution in [-0.2, 0) is 4.74 Å². The Bertz CT molecular complexity index is 980. The minimum Gasteiger partial charge on any atom is -0.486 e. The summed E-state index contributed by atoms with van der Waals surface area (Å²) in [6.45, 7) is 5.40. The summed E-state index contributed by atoms with van der Waals surface area (Å²) in [7, 11) is 0. The monoisotopic (exact) mass is 455 g/mol. The Balaban J connectivity index is 1.28. The number of likely N-dealkylation sites (tertiary alicyclic amines) is 1. The molecule has 3 aliphatic rings. The Hall–Kier alpha value is -2.32. The van der Waals surface area contributed by atoms with E-state index < -0.39 is 0 Å². The number of nitrogens with zero attached hydrogens (tertiary/aromatic N) is 3. The van der Waals surface area contributed by atoms with Gasteiger partial charge in [0, 0.05) is 43.1 Å². The van der Waals surface area contributed by atoms with E-state index in [4.69, 9.17) is 19.2 Å². The Morgan fingerprint density at radius 2 is 2.03 bits per heavy atom. The van der Waals surface area contributed by atoms with Crippen molar-refractivity contribution in [2.75, 3.05) is 38.7 Å². The first-order valence-corrected chi connectivity index (χ1v) is 12.4. The van der Waals surface area contributed by atoms with Gasteiger partial charge < -0.3 is 19.1 Å². The number of piperidine rings is 1. The van der Waals surface area contributed by atoms with Gasteiger partial charge in [-0.25, -0.2) is 9.97 Å². The molecule has 0 spiro atoms. The van der Waals surface area contributed by atoms with Gasteiger partial charge in [0.15, 0.2) is 16.7 Å². The van der Waals surface area contributed by atoms with E-state index in [1.807, 2.05) is 23.2 Å². The lowest BCUT2D eigenvalue weighted by Crippen LogP contribution is -2.39. The number of hydrogen-bond donors (Lipinski definition) is 0. The van der Waals surface area contributed by atoms with Gasteiger partial charge in [0.05, 0.1) is 11.8 Å². The normalized spacial score (nSPS) is 22.7. The molecule has 1 amide bonds. The lowest BCUT2D eigenvalue weighted by Gasteiger charge is -2.33. The number of hydrogen-bond acceptors (Lipinski definition) is 7. The number of benzene rings is 1. The Morgan fingerprint density at radius 1 is 1.16 bits per heavy atom. The number of thioether (sulfide) groups is 1. The molecule has 0 aliphatic carbocycles. The van der Waals surface area contributed by atoms with Crippen molar-refractivity contribution in [2.24, 2.45) is 0 Å². The zero-order chi connectivity index (χ0) is 21.9. The Morgan fingerprint density at radius 3 is 2.88 bits per heavy atom. The molecule has 3 aliphatic heterocycles. The maximum atomic E-state index is 13.2. The first-order chi connectivity index (χ1) is 15.7. The van der Waals surface area contributed by atoms with Gasteiger partial charge in [0.2, 0.25) is 0 Å². The molecule has 8 heteroatoms. The van der Waals surface area contributed by atoms with Gasteiger partial charge in [0.25, 0.3) is 5.91 Å².